The molecule has 1 unspecified atom stereocenters. The van der Waals surface area contributed by atoms with Crippen molar-refractivity contribution in [3.05, 3.63) is 83.3 Å². The Balaban J connectivity index is 1.40. The fourth-order valence-electron chi connectivity index (χ4n) is 3.50. The van der Waals surface area contributed by atoms with Crippen LogP contribution in [0, 0.1) is 17.5 Å². The summed E-state index contributed by atoms with van der Waals surface area (Å²) in [6, 6.07) is 8.70. The third-order valence-corrected chi connectivity index (χ3v) is 4.97. The molecule has 1 aliphatic rings. The zero-order chi connectivity index (χ0) is 21.1. The number of nitrogens with zero attached hydrogens (tertiary/aromatic N) is 2. The predicted molar refractivity (Wildman–Crippen MR) is 101 cm³/mol. The normalized spacial score (nSPS) is 16.1. The maximum absolute atomic E-state index is 13.7. The Hall–Kier alpha value is -3.29. The van der Waals surface area contributed by atoms with Crippen LogP contribution in [0.5, 0.6) is 5.75 Å². The molecular weight excluding hydrogens is 397 g/mol. The summed E-state index contributed by atoms with van der Waals surface area (Å²) >= 11 is 0. The molecule has 8 heteroatoms. The molecule has 1 fully saturated rings. The van der Waals surface area contributed by atoms with Crippen LogP contribution in [0.25, 0.3) is 0 Å². The number of carbonyl (C=O) groups excluding carboxylic acids is 1. The van der Waals surface area contributed by atoms with Crippen LogP contribution < -0.4 is 4.74 Å². The minimum atomic E-state index is -0.862. The van der Waals surface area contributed by atoms with E-state index in [2.05, 4.69) is 4.98 Å². The van der Waals surface area contributed by atoms with E-state index in [9.17, 15) is 18.0 Å². The lowest BCUT2D eigenvalue weighted by Crippen LogP contribution is -2.34. The molecule has 0 saturated carbocycles. The van der Waals surface area contributed by atoms with Gasteiger partial charge in [-0.2, -0.15) is 0 Å². The summed E-state index contributed by atoms with van der Waals surface area (Å²) < 4.78 is 50.8. The predicted octanol–water partition coefficient (Wildman–Crippen LogP) is 4.43. The van der Waals surface area contributed by atoms with E-state index in [4.69, 9.17) is 9.15 Å². The molecule has 0 N–H and O–H groups in total. The Morgan fingerprint density at radius 2 is 1.90 bits per heavy atom. The van der Waals surface area contributed by atoms with Gasteiger partial charge in [0.25, 0.3) is 5.91 Å². The summed E-state index contributed by atoms with van der Waals surface area (Å²) in [6.45, 7) is 0.136. The van der Waals surface area contributed by atoms with Gasteiger partial charge in [-0.3, -0.25) is 4.79 Å². The highest BCUT2D eigenvalue weighted by Gasteiger charge is 2.33. The number of benzene rings is 2. The molecule has 0 bridgehead atoms. The second-order valence-corrected chi connectivity index (χ2v) is 7.08. The molecule has 1 aliphatic heterocycles. The van der Waals surface area contributed by atoms with Gasteiger partial charge in [0.05, 0.1) is 6.20 Å². The Morgan fingerprint density at radius 3 is 2.67 bits per heavy atom. The molecule has 30 heavy (non-hydrogen) atoms. The number of aromatic nitrogens is 1. The smallest absolute Gasteiger partial charge is 0.261 e. The summed E-state index contributed by atoms with van der Waals surface area (Å²) in [6.07, 6.45) is 3.52. The number of carbonyl (C=O) groups is 1. The van der Waals surface area contributed by atoms with Gasteiger partial charge in [-0.1, -0.05) is 12.1 Å². The van der Waals surface area contributed by atoms with E-state index >= 15 is 0 Å². The molecule has 0 spiro atoms. The fourth-order valence-corrected chi connectivity index (χ4v) is 3.50. The lowest BCUT2D eigenvalue weighted by molar-refractivity contribution is -0.134. The second kappa shape index (κ2) is 8.61. The van der Waals surface area contributed by atoms with Gasteiger partial charge in [0.15, 0.2) is 18.2 Å². The topological polar surface area (TPSA) is 55.6 Å². The van der Waals surface area contributed by atoms with Crippen molar-refractivity contribution in [1.82, 2.24) is 9.88 Å². The second-order valence-electron chi connectivity index (χ2n) is 7.08. The minimum Gasteiger partial charge on any atom is -0.481 e. The van der Waals surface area contributed by atoms with Crippen molar-refractivity contribution in [3.63, 3.8) is 0 Å². The largest absolute Gasteiger partial charge is 0.481 e. The molecule has 0 radical (unpaired) electrons. The van der Waals surface area contributed by atoms with Gasteiger partial charge < -0.3 is 14.1 Å². The van der Waals surface area contributed by atoms with E-state index in [0.717, 1.165) is 24.1 Å². The van der Waals surface area contributed by atoms with Crippen LogP contribution in [0.1, 0.15) is 36.1 Å². The van der Waals surface area contributed by atoms with Crippen LogP contribution in [0.15, 0.2) is 53.1 Å². The lowest BCUT2D eigenvalue weighted by atomic mass is 10.1. The average Bonchev–Trinajstić information content (AvgIpc) is 3.38. The first kappa shape index (κ1) is 20.0. The standard InChI is InChI=1S/C22H19F3N2O3/c23-15-5-3-14(4-6-15)10-17-12-26-22(30-17)19-2-1-9-27(19)21(28)13-29-20-8-7-16(24)11-18(20)25/h3-8,11-12,19H,1-2,9-10,13H2. The van der Waals surface area contributed by atoms with Crippen LogP contribution in [0.4, 0.5) is 13.2 Å². The number of likely N-dealkylation sites (tertiary alicyclic amines) is 1. The van der Waals surface area contributed by atoms with Gasteiger partial charge in [-0.25, -0.2) is 18.2 Å². The lowest BCUT2D eigenvalue weighted by Gasteiger charge is -2.22. The van der Waals surface area contributed by atoms with Gasteiger partial charge >= 0.3 is 0 Å². The summed E-state index contributed by atoms with van der Waals surface area (Å²) in [4.78, 5) is 18.5. The number of halogens is 3. The first-order valence-corrected chi connectivity index (χ1v) is 9.56. The fraction of sp³-hybridized carbons (Fsp3) is 0.273. The third-order valence-electron chi connectivity index (χ3n) is 4.97. The molecular formula is C22H19F3N2O3. The molecule has 5 nitrogen and oxygen atoms in total. The molecule has 3 aromatic rings. The van der Waals surface area contributed by atoms with Crippen molar-refractivity contribution in [2.75, 3.05) is 13.2 Å². The van der Waals surface area contributed by atoms with Crippen molar-refractivity contribution in [3.8, 4) is 5.75 Å². The van der Waals surface area contributed by atoms with Gasteiger partial charge in [0.1, 0.15) is 23.4 Å². The quantitative estimate of drug-likeness (QED) is 0.597. The van der Waals surface area contributed by atoms with E-state index in [0.29, 0.717) is 37.1 Å². The summed E-state index contributed by atoms with van der Waals surface area (Å²) in [5, 5.41) is 0. The van der Waals surface area contributed by atoms with E-state index in [1.54, 1.807) is 23.2 Å². The third kappa shape index (κ3) is 4.48. The Morgan fingerprint density at radius 1 is 1.13 bits per heavy atom. The Labute approximate surface area is 171 Å². The number of ether oxygens (including phenoxy) is 1. The molecule has 4 rings (SSSR count). The Bertz CT molecular complexity index is 1040. The number of rotatable bonds is 6. The van der Waals surface area contributed by atoms with Crippen molar-refractivity contribution >= 4 is 5.91 Å². The van der Waals surface area contributed by atoms with Crippen molar-refractivity contribution in [2.45, 2.75) is 25.3 Å². The molecule has 156 valence electrons. The maximum Gasteiger partial charge on any atom is 0.261 e. The molecule has 1 amide bonds. The van der Waals surface area contributed by atoms with Gasteiger partial charge in [0, 0.05) is 19.0 Å². The number of amides is 1. The first-order valence-electron chi connectivity index (χ1n) is 9.56. The Kier molecular flexibility index (Phi) is 5.74. The molecule has 1 atom stereocenters. The zero-order valence-corrected chi connectivity index (χ0v) is 16.0. The van der Waals surface area contributed by atoms with Crippen molar-refractivity contribution in [2.24, 2.45) is 0 Å². The van der Waals surface area contributed by atoms with E-state index < -0.39 is 11.6 Å². The van der Waals surface area contributed by atoms with Gasteiger partial charge in [-0.15, -0.1) is 0 Å². The summed E-state index contributed by atoms with van der Waals surface area (Å²) in [5.41, 5.74) is 0.883. The number of hydrogen-bond acceptors (Lipinski definition) is 4. The zero-order valence-electron chi connectivity index (χ0n) is 16.0. The van der Waals surface area contributed by atoms with Gasteiger partial charge in [0.2, 0.25) is 5.89 Å². The van der Waals surface area contributed by atoms with E-state index in [1.165, 1.54) is 12.1 Å². The van der Waals surface area contributed by atoms with Crippen LogP contribution in [-0.2, 0) is 11.2 Å². The minimum absolute atomic E-state index is 0.182. The summed E-state index contributed by atoms with van der Waals surface area (Å²) in [5.74, 6) is -1.37. The molecule has 2 heterocycles. The number of oxazole rings is 1. The van der Waals surface area contributed by atoms with E-state index in [-0.39, 0.29) is 30.1 Å². The first-order chi connectivity index (χ1) is 14.5. The van der Waals surface area contributed by atoms with Crippen molar-refractivity contribution < 1.29 is 27.1 Å². The highest BCUT2D eigenvalue weighted by molar-refractivity contribution is 5.78. The average molecular weight is 416 g/mol. The van der Waals surface area contributed by atoms with Crippen LogP contribution in [0.3, 0.4) is 0 Å². The SMILES string of the molecule is O=C(COc1ccc(F)cc1F)N1CCCC1c1ncc(Cc2ccc(F)cc2)o1. The van der Waals surface area contributed by atoms with Crippen LogP contribution in [0.2, 0.25) is 0 Å². The van der Waals surface area contributed by atoms with E-state index in [1.807, 2.05) is 0 Å². The van der Waals surface area contributed by atoms with Crippen molar-refractivity contribution in [1.29, 1.82) is 0 Å². The highest BCUT2D eigenvalue weighted by atomic mass is 19.1. The van der Waals surface area contributed by atoms with Gasteiger partial charge in [-0.05, 0) is 42.7 Å². The number of hydrogen-bond donors (Lipinski definition) is 0. The molecule has 1 saturated heterocycles. The van der Waals surface area contributed by atoms with Crippen LogP contribution in [-0.4, -0.2) is 28.9 Å². The highest BCUT2D eigenvalue weighted by Crippen LogP contribution is 2.32. The maximum atomic E-state index is 13.7. The molecule has 1 aromatic heterocycles. The molecule has 0 aliphatic carbocycles. The molecule has 2 aromatic carbocycles. The summed E-state index contributed by atoms with van der Waals surface area (Å²) in [7, 11) is 0. The van der Waals surface area contributed by atoms with Crippen LogP contribution >= 0.6 is 0 Å². The monoisotopic (exact) mass is 416 g/mol.